The van der Waals surface area contributed by atoms with Crippen LogP contribution in [0.4, 0.5) is 4.39 Å². The van der Waals surface area contributed by atoms with Gasteiger partial charge in [0.2, 0.25) is 0 Å². The molecule has 0 aliphatic rings. The molecule has 1 unspecified atom stereocenters. The van der Waals surface area contributed by atoms with Crippen LogP contribution in [0.25, 0.3) is 0 Å². The van der Waals surface area contributed by atoms with Gasteiger partial charge in [-0.3, -0.25) is 4.79 Å². The normalized spacial score (nSPS) is 12.2. The zero-order valence-corrected chi connectivity index (χ0v) is 9.07. The number of carbonyl (C=O) groups excluding carboxylic acids is 1. The lowest BCUT2D eigenvalue weighted by molar-refractivity contribution is -0.130. The molecule has 0 bridgehead atoms. The highest BCUT2D eigenvalue weighted by Crippen LogP contribution is 2.03. The van der Waals surface area contributed by atoms with Crippen molar-refractivity contribution in [2.24, 2.45) is 5.73 Å². The molecule has 0 saturated heterocycles. The molecule has 0 fully saturated rings. The summed E-state index contributed by atoms with van der Waals surface area (Å²) in [6.45, 7) is 0.377. The van der Waals surface area contributed by atoms with E-state index in [4.69, 9.17) is 10.5 Å². The van der Waals surface area contributed by atoms with E-state index in [-0.39, 0.29) is 24.8 Å². The van der Waals surface area contributed by atoms with Crippen LogP contribution in [-0.2, 0) is 16.1 Å². The Bertz CT molecular complexity index is 354. The van der Waals surface area contributed by atoms with Gasteiger partial charge in [0.15, 0.2) is 0 Å². The average molecular weight is 226 g/mol. The first-order chi connectivity index (χ1) is 7.67. The maximum Gasteiger partial charge on any atom is 0.250 e. The van der Waals surface area contributed by atoms with Crippen molar-refractivity contribution in [3.8, 4) is 0 Å². The van der Waals surface area contributed by atoms with Crippen molar-refractivity contribution in [2.75, 3.05) is 13.7 Å². The lowest BCUT2D eigenvalue weighted by Gasteiger charge is -2.12. The summed E-state index contributed by atoms with van der Waals surface area (Å²) in [6.07, 6.45) is -0.659. The second-order valence-corrected chi connectivity index (χ2v) is 3.31. The maximum atomic E-state index is 12.8. The summed E-state index contributed by atoms with van der Waals surface area (Å²) in [5.74, 6) is -0.622. The number of hydrogen-bond acceptors (Lipinski definition) is 3. The molecule has 1 atom stereocenters. The molecule has 0 heterocycles. The summed E-state index contributed by atoms with van der Waals surface area (Å²) >= 11 is 0. The average Bonchev–Trinajstić information content (AvgIpc) is 2.28. The number of carbonyl (C=O) groups is 1. The van der Waals surface area contributed by atoms with Crippen LogP contribution in [0, 0.1) is 5.82 Å². The molecule has 0 aliphatic carbocycles. The molecule has 1 aromatic rings. The summed E-state index contributed by atoms with van der Waals surface area (Å²) in [5.41, 5.74) is 6.03. The Morgan fingerprint density at radius 1 is 1.62 bits per heavy atom. The minimum absolute atomic E-state index is 0.117. The molecule has 1 amide bonds. The molecule has 1 rings (SSSR count). The third-order valence-electron chi connectivity index (χ3n) is 2.15. The fourth-order valence-corrected chi connectivity index (χ4v) is 1.26. The van der Waals surface area contributed by atoms with Crippen molar-refractivity contribution >= 4 is 5.91 Å². The first-order valence-electron chi connectivity index (χ1n) is 4.92. The van der Waals surface area contributed by atoms with Crippen molar-refractivity contribution < 1.29 is 13.9 Å². The van der Waals surface area contributed by atoms with E-state index in [1.54, 1.807) is 12.1 Å². The number of hydrogen-bond donors (Lipinski definition) is 2. The lowest BCUT2D eigenvalue weighted by Crippen LogP contribution is -2.40. The van der Waals surface area contributed by atoms with Crippen LogP contribution >= 0.6 is 0 Å². The zero-order chi connectivity index (χ0) is 12.0. The summed E-state index contributed by atoms with van der Waals surface area (Å²) in [5, 5.41) is 2.62. The van der Waals surface area contributed by atoms with E-state index in [9.17, 15) is 9.18 Å². The van der Waals surface area contributed by atoms with Crippen LogP contribution in [0.5, 0.6) is 0 Å². The van der Waals surface area contributed by atoms with Crippen molar-refractivity contribution in [3.05, 3.63) is 35.6 Å². The second kappa shape index (κ2) is 6.19. The summed E-state index contributed by atoms with van der Waals surface area (Å²) < 4.78 is 17.7. The van der Waals surface area contributed by atoms with Gasteiger partial charge in [-0.2, -0.15) is 0 Å². The molecule has 1 aromatic carbocycles. The second-order valence-electron chi connectivity index (χ2n) is 3.31. The summed E-state index contributed by atoms with van der Waals surface area (Å²) in [4.78, 5) is 11.5. The van der Waals surface area contributed by atoms with Gasteiger partial charge in [-0.1, -0.05) is 12.1 Å². The van der Waals surface area contributed by atoms with E-state index in [2.05, 4.69) is 5.32 Å². The van der Waals surface area contributed by atoms with E-state index >= 15 is 0 Å². The number of nitrogens with two attached hydrogens (primary N) is 1. The van der Waals surface area contributed by atoms with Crippen LogP contribution in [0.3, 0.4) is 0 Å². The van der Waals surface area contributed by atoms with Crippen LogP contribution < -0.4 is 11.1 Å². The Morgan fingerprint density at radius 3 is 2.94 bits per heavy atom. The largest absolute Gasteiger partial charge is 0.370 e. The SMILES string of the molecule is COC(CN)C(=O)NCc1cccc(F)c1. The van der Waals surface area contributed by atoms with Crippen molar-refractivity contribution in [1.29, 1.82) is 0 Å². The minimum Gasteiger partial charge on any atom is -0.370 e. The highest BCUT2D eigenvalue weighted by Gasteiger charge is 2.14. The van der Waals surface area contributed by atoms with Gasteiger partial charge in [0, 0.05) is 20.2 Å². The molecule has 0 aliphatic heterocycles. The molecular formula is C11H15FN2O2. The molecule has 0 radical (unpaired) electrons. The smallest absolute Gasteiger partial charge is 0.250 e. The highest BCUT2D eigenvalue weighted by molar-refractivity contribution is 5.80. The first-order valence-corrected chi connectivity index (χ1v) is 4.92. The summed E-state index contributed by atoms with van der Waals surface area (Å²) in [7, 11) is 1.42. The number of ether oxygens (including phenoxy) is 1. The standard InChI is InChI=1S/C11H15FN2O2/c1-16-10(6-13)11(15)14-7-8-3-2-4-9(12)5-8/h2-5,10H,6-7,13H2,1H3,(H,14,15). The van der Waals surface area contributed by atoms with E-state index in [0.717, 1.165) is 0 Å². The van der Waals surface area contributed by atoms with Crippen LogP contribution in [0.2, 0.25) is 0 Å². The van der Waals surface area contributed by atoms with Gasteiger partial charge in [-0.15, -0.1) is 0 Å². The minimum atomic E-state index is -0.659. The maximum absolute atomic E-state index is 12.8. The van der Waals surface area contributed by atoms with Gasteiger partial charge >= 0.3 is 0 Å². The van der Waals surface area contributed by atoms with Crippen LogP contribution in [0.15, 0.2) is 24.3 Å². The van der Waals surface area contributed by atoms with Crippen molar-refractivity contribution in [1.82, 2.24) is 5.32 Å². The number of amides is 1. The van der Waals surface area contributed by atoms with E-state index in [1.807, 2.05) is 0 Å². The fourth-order valence-electron chi connectivity index (χ4n) is 1.26. The Balaban J connectivity index is 2.48. The van der Waals surface area contributed by atoms with E-state index in [1.165, 1.54) is 19.2 Å². The monoisotopic (exact) mass is 226 g/mol. The predicted octanol–water partition coefficient (Wildman–Crippen LogP) is 0.416. The zero-order valence-electron chi connectivity index (χ0n) is 9.07. The number of rotatable bonds is 5. The topological polar surface area (TPSA) is 64.3 Å². The molecule has 16 heavy (non-hydrogen) atoms. The van der Waals surface area contributed by atoms with Gasteiger partial charge in [0.1, 0.15) is 11.9 Å². The number of nitrogens with one attached hydrogen (secondary N) is 1. The Morgan fingerprint density at radius 2 is 2.38 bits per heavy atom. The molecule has 3 N–H and O–H groups in total. The van der Waals surface area contributed by atoms with Gasteiger partial charge in [-0.25, -0.2) is 4.39 Å². The fraction of sp³-hybridized carbons (Fsp3) is 0.364. The molecule has 4 nitrogen and oxygen atoms in total. The van der Waals surface area contributed by atoms with E-state index < -0.39 is 6.10 Å². The van der Waals surface area contributed by atoms with Crippen LogP contribution in [0.1, 0.15) is 5.56 Å². The molecule has 88 valence electrons. The third kappa shape index (κ3) is 3.60. The highest BCUT2D eigenvalue weighted by atomic mass is 19.1. The lowest BCUT2D eigenvalue weighted by atomic mass is 10.2. The third-order valence-corrected chi connectivity index (χ3v) is 2.15. The summed E-state index contributed by atoms with van der Waals surface area (Å²) in [6, 6.07) is 6.04. The number of halogens is 1. The predicted molar refractivity (Wildman–Crippen MR) is 58.1 cm³/mol. The van der Waals surface area contributed by atoms with Crippen molar-refractivity contribution in [2.45, 2.75) is 12.6 Å². The van der Waals surface area contributed by atoms with E-state index in [0.29, 0.717) is 5.56 Å². The van der Waals surface area contributed by atoms with Crippen molar-refractivity contribution in [3.63, 3.8) is 0 Å². The van der Waals surface area contributed by atoms with Gasteiger partial charge < -0.3 is 15.8 Å². The molecule has 0 spiro atoms. The molecule has 0 aromatic heterocycles. The van der Waals surface area contributed by atoms with Gasteiger partial charge in [0.25, 0.3) is 5.91 Å². The van der Waals surface area contributed by atoms with Crippen LogP contribution in [-0.4, -0.2) is 25.7 Å². The quantitative estimate of drug-likeness (QED) is 0.764. The van der Waals surface area contributed by atoms with Gasteiger partial charge in [-0.05, 0) is 17.7 Å². The van der Waals surface area contributed by atoms with Gasteiger partial charge in [0.05, 0.1) is 0 Å². The number of methoxy groups -OCH3 is 1. The molecule has 0 saturated carbocycles. The number of benzene rings is 1. The molecule has 5 heteroatoms. The molecular weight excluding hydrogens is 211 g/mol. The first kappa shape index (κ1) is 12.6. The Labute approximate surface area is 93.6 Å². The Kier molecular flexibility index (Phi) is 4.88. The Hall–Kier alpha value is -1.46.